The van der Waals surface area contributed by atoms with Gasteiger partial charge in [-0.3, -0.25) is 10.1 Å². The zero-order valence-electron chi connectivity index (χ0n) is 9.70. The number of hydrogen-bond donors (Lipinski definition) is 2. The summed E-state index contributed by atoms with van der Waals surface area (Å²) in [6, 6.07) is 7.55. The molecule has 98 valence electrons. The van der Waals surface area contributed by atoms with Crippen LogP contribution >= 0.6 is 0 Å². The van der Waals surface area contributed by atoms with E-state index in [-0.39, 0.29) is 17.8 Å². The number of nitrogens with zero attached hydrogens (tertiary/aromatic N) is 1. The summed E-state index contributed by atoms with van der Waals surface area (Å²) in [5, 5.41) is 22.4. The molecule has 0 saturated heterocycles. The van der Waals surface area contributed by atoms with Crippen LogP contribution in [-0.2, 0) is 6.54 Å². The number of anilines is 1. The van der Waals surface area contributed by atoms with Crippen LogP contribution in [0.3, 0.4) is 0 Å². The van der Waals surface area contributed by atoms with E-state index in [1.165, 1.54) is 12.1 Å². The van der Waals surface area contributed by atoms with Crippen LogP contribution in [0.25, 0.3) is 0 Å². The number of carboxylic acid groups (broad SMARTS) is 1. The molecule has 0 atom stereocenters. The second-order valence-corrected chi connectivity index (χ2v) is 3.73. The zero-order chi connectivity index (χ0) is 13.8. The first-order valence-electron chi connectivity index (χ1n) is 5.36. The quantitative estimate of drug-likeness (QED) is 0.633. The highest BCUT2D eigenvalue weighted by atomic mass is 16.6. The molecule has 0 unspecified atom stereocenters. The van der Waals surface area contributed by atoms with Crippen molar-refractivity contribution in [3.8, 4) is 0 Å². The molecule has 0 aliphatic carbocycles. The van der Waals surface area contributed by atoms with Gasteiger partial charge in [0.25, 0.3) is 5.69 Å². The van der Waals surface area contributed by atoms with Crippen LogP contribution in [0.15, 0.2) is 41.0 Å². The number of nitrogens with one attached hydrogen (secondary N) is 1. The van der Waals surface area contributed by atoms with Gasteiger partial charge in [-0.2, -0.15) is 0 Å². The van der Waals surface area contributed by atoms with Gasteiger partial charge in [0.05, 0.1) is 17.0 Å². The molecule has 7 heteroatoms. The van der Waals surface area contributed by atoms with Crippen LogP contribution in [0.4, 0.5) is 11.4 Å². The molecule has 0 spiro atoms. The fraction of sp³-hybridized carbons (Fsp3) is 0.0833. The van der Waals surface area contributed by atoms with E-state index in [0.29, 0.717) is 11.4 Å². The van der Waals surface area contributed by atoms with E-state index in [4.69, 9.17) is 9.52 Å². The van der Waals surface area contributed by atoms with E-state index in [1.54, 1.807) is 18.2 Å². The predicted octanol–water partition coefficient (Wildman–Crippen LogP) is 2.50. The van der Waals surface area contributed by atoms with Crippen LogP contribution in [0, 0.1) is 10.1 Å². The number of nitro benzene ring substituents is 1. The molecule has 1 aromatic carbocycles. The lowest BCUT2D eigenvalue weighted by Gasteiger charge is -2.04. The Morgan fingerprint density at radius 2 is 2.16 bits per heavy atom. The molecule has 2 rings (SSSR count). The van der Waals surface area contributed by atoms with E-state index < -0.39 is 10.9 Å². The van der Waals surface area contributed by atoms with Gasteiger partial charge in [-0.05, 0) is 12.1 Å². The lowest BCUT2D eigenvalue weighted by molar-refractivity contribution is -0.384. The second-order valence-electron chi connectivity index (χ2n) is 3.73. The molecule has 19 heavy (non-hydrogen) atoms. The van der Waals surface area contributed by atoms with Crippen molar-refractivity contribution in [2.45, 2.75) is 6.54 Å². The van der Waals surface area contributed by atoms with Crippen molar-refractivity contribution in [1.29, 1.82) is 0 Å². The summed E-state index contributed by atoms with van der Waals surface area (Å²) in [6.45, 7) is 0.165. The number of nitro groups is 1. The maximum absolute atomic E-state index is 10.8. The molecule has 0 fully saturated rings. The Bertz CT molecular complexity index is 620. The SMILES string of the molecule is O=C(O)c1coc(CNc2ccccc2[N+](=O)[O-])c1. The van der Waals surface area contributed by atoms with Crippen molar-refractivity contribution in [2.75, 3.05) is 5.32 Å². The van der Waals surface area contributed by atoms with Gasteiger partial charge in [-0.25, -0.2) is 4.79 Å². The molecule has 0 bridgehead atoms. The van der Waals surface area contributed by atoms with Crippen molar-refractivity contribution in [1.82, 2.24) is 0 Å². The van der Waals surface area contributed by atoms with E-state index in [9.17, 15) is 14.9 Å². The molecule has 2 aromatic rings. The lowest BCUT2D eigenvalue weighted by atomic mass is 10.2. The van der Waals surface area contributed by atoms with E-state index in [1.807, 2.05) is 0 Å². The fourth-order valence-electron chi connectivity index (χ4n) is 1.55. The van der Waals surface area contributed by atoms with Crippen molar-refractivity contribution in [3.63, 3.8) is 0 Å². The molecule has 0 aliphatic rings. The number of carbonyl (C=O) groups is 1. The predicted molar refractivity (Wildman–Crippen MR) is 66.1 cm³/mol. The normalized spacial score (nSPS) is 10.1. The first-order valence-corrected chi connectivity index (χ1v) is 5.36. The average molecular weight is 262 g/mol. The molecule has 1 aromatic heterocycles. The Balaban J connectivity index is 2.10. The molecule has 0 aliphatic heterocycles. The van der Waals surface area contributed by atoms with Crippen molar-refractivity contribution in [2.24, 2.45) is 0 Å². The summed E-state index contributed by atoms with van der Waals surface area (Å²) in [5.74, 6) is -0.698. The largest absolute Gasteiger partial charge is 0.478 e. The van der Waals surface area contributed by atoms with Gasteiger partial charge in [0.15, 0.2) is 0 Å². The zero-order valence-corrected chi connectivity index (χ0v) is 9.70. The van der Waals surface area contributed by atoms with Crippen molar-refractivity contribution < 1.29 is 19.2 Å². The molecule has 0 radical (unpaired) electrons. The minimum Gasteiger partial charge on any atom is -0.478 e. The highest BCUT2D eigenvalue weighted by Crippen LogP contribution is 2.23. The summed E-state index contributed by atoms with van der Waals surface area (Å²) in [7, 11) is 0. The molecule has 1 heterocycles. The van der Waals surface area contributed by atoms with Crippen LogP contribution in [0.5, 0.6) is 0 Å². The van der Waals surface area contributed by atoms with Crippen LogP contribution in [0.2, 0.25) is 0 Å². The number of para-hydroxylation sites is 2. The topological polar surface area (TPSA) is 106 Å². The number of aromatic carboxylic acids is 1. The van der Waals surface area contributed by atoms with Crippen LogP contribution in [0.1, 0.15) is 16.1 Å². The highest BCUT2D eigenvalue weighted by Gasteiger charge is 2.13. The molecular weight excluding hydrogens is 252 g/mol. The third kappa shape index (κ3) is 2.89. The van der Waals surface area contributed by atoms with Gasteiger partial charge in [-0.1, -0.05) is 12.1 Å². The van der Waals surface area contributed by atoms with Gasteiger partial charge in [-0.15, -0.1) is 0 Å². The summed E-state index contributed by atoms with van der Waals surface area (Å²) in [5.41, 5.74) is 0.340. The highest BCUT2D eigenvalue weighted by molar-refractivity contribution is 5.87. The minimum absolute atomic E-state index is 0.0411. The summed E-state index contributed by atoms with van der Waals surface area (Å²) < 4.78 is 5.03. The standard InChI is InChI=1S/C12H10N2O5/c15-12(16)8-5-9(19-7-8)6-13-10-3-1-2-4-11(10)14(17)18/h1-5,7,13H,6H2,(H,15,16). The molecule has 7 nitrogen and oxygen atoms in total. The number of furan rings is 1. The Hall–Kier alpha value is -2.83. The van der Waals surface area contributed by atoms with Gasteiger partial charge >= 0.3 is 5.97 Å². The summed E-state index contributed by atoms with van der Waals surface area (Å²) >= 11 is 0. The van der Waals surface area contributed by atoms with Gasteiger partial charge < -0.3 is 14.8 Å². The Morgan fingerprint density at radius 3 is 2.79 bits per heavy atom. The number of rotatable bonds is 5. The lowest BCUT2D eigenvalue weighted by Crippen LogP contribution is -2.01. The van der Waals surface area contributed by atoms with E-state index in [0.717, 1.165) is 6.26 Å². The van der Waals surface area contributed by atoms with Crippen molar-refractivity contribution >= 4 is 17.3 Å². The van der Waals surface area contributed by atoms with E-state index >= 15 is 0 Å². The molecule has 0 amide bonds. The first-order chi connectivity index (χ1) is 9.08. The van der Waals surface area contributed by atoms with Gasteiger partial charge in [0.2, 0.25) is 0 Å². The third-order valence-corrected chi connectivity index (χ3v) is 2.45. The van der Waals surface area contributed by atoms with Gasteiger partial charge in [0, 0.05) is 6.07 Å². The first kappa shape index (κ1) is 12.6. The third-order valence-electron chi connectivity index (χ3n) is 2.45. The maximum atomic E-state index is 10.8. The van der Waals surface area contributed by atoms with E-state index in [2.05, 4.69) is 5.32 Å². The van der Waals surface area contributed by atoms with Crippen LogP contribution in [-0.4, -0.2) is 16.0 Å². The number of carboxylic acids is 1. The summed E-state index contributed by atoms with van der Waals surface area (Å²) in [6.07, 6.45) is 1.12. The van der Waals surface area contributed by atoms with Crippen molar-refractivity contribution in [3.05, 3.63) is 58.0 Å². The monoisotopic (exact) mass is 262 g/mol. The smallest absolute Gasteiger partial charge is 0.338 e. The molecule has 0 saturated carbocycles. The fourth-order valence-corrected chi connectivity index (χ4v) is 1.55. The maximum Gasteiger partial charge on any atom is 0.338 e. The molecular formula is C12H10N2O5. The van der Waals surface area contributed by atoms with Crippen LogP contribution < -0.4 is 5.32 Å². The second kappa shape index (κ2) is 5.21. The Kier molecular flexibility index (Phi) is 3.46. The minimum atomic E-state index is -1.08. The summed E-state index contributed by atoms with van der Waals surface area (Å²) in [4.78, 5) is 21.0. The Labute approximate surface area is 107 Å². The average Bonchev–Trinajstić information content (AvgIpc) is 2.85. The number of hydrogen-bond acceptors (Lipinski definition) is 5. The number of benzene rings is 1. The Morgan fingerprint density at radius 1 is 1.42 bits per heavy atom. The molecule has 2 N–H and O–H groups in total. The van der Waals surface area contributed by atoms with Gasteiger partial charge in [0.1, 0.15) is 17.7 Å².